The van der Waals surface area contributed by atoms with Crippen LogP contribution in [0.15, 0.2) is 49.1 Å². The van der Waals surface area contributed by atoms with Gasteiger partial charge in [0.15, 0.2) is 5.65 Å². The Labute approximate surface area is 154 Å². The zero-order valence-corrected chi connectivity index (χ0v) is 14.7. The maximum atomic E-state index is 13.9. The molecule has 1 aromatic carbocycles. The van der Waals surface area contributed by atoms with Crippen molar-refractivity contribution in [2.24, 2.45) is 0 Å². The molecule has 3 aromatic heterocycles. The van der Waals surface area contributed by atoms with E-state index in [1.54, 1.807) is 53.3 Å². The summed E-state index contributed by atoms with van der Waals surface area (Å²) in [6.07, 6.45) is 6.90. The summed E-state index contributed by atoms with van der Waals surface area (Å²) in [7, 11) is 1.65. The van der Waals surface area contributed by atoms with Crippen LogP contribution in [0.4, 0.5) is 16.0 Å². The maximum absolute atomic E-state index is 13.9. The van der Waals surface area contributed by atoms with E-state index in [-0.39, 0.29) is 5.82 Å². The number of hydrogen-bond acceptors (Lipinski definition) is 6. The molecule has 0 unspecified atom stereocenters. The van der Waals surface area contributed by atoms with Gasteiger partial charge in [0.25, 0.3) is 0 Å². The SMILES string of the molecule is COCCn1cc(Nc2ncc3cnn(Cc4ccccc4F)c3n2)cn1. The van der Waals surface area contributed by atoms with Crippen LogP contribution in [0.3, 0.4) is 0 Å². The molecule has 3 heterocycles. The Balaban J connectivity index is 1.56. The van der Waals surface area contributed by atoms with Crippen LogP contribution in [-0.4, -0.2) is 43.2 Å². The number of rotatable bonds is 7. The van der Waals surface area contributed by atoms with Crippen molar-refractivity contribution >= 4 is 22.7 Å². The van der Waals surface area contributed by atoms with E-state index in [2.05, 4.69) is 25.5 Å². The van der Waals surface area contributed by atoms with Crippen molar-refractivity contribution in [2.45, 2.75) is 13.1 Å². The van der Waals surface area contributed by atoms with Crippen LogP contribution >= 0.6 is 0 Å². The predicted octanol–water partition coefficient (Wildman–Crippen LogP) is 2.60. The number of halogens is 1. The van der Waals surface area contributed by atoms with Gasteiger partial charge in [-0.1, -0.05) is 18.2 Å². The fourth-order valence-corrected chi connectivity index (χ4v) is 2.69. The molecule has 0 aliphatic heterocycles. The zero-order chi connectivity index (χ0) is 18.6. The molecule has 0 saturated heterocycles. The third-order valence-corrected chi connectivity index (χ3v) is 4.07. The van der Waals surface area contributed by atoms with Gasteiger partial charge in [0.2, 0.25) is 5.95 Å². The summed E-state index contributed by atoms with van der Waals surface area (Å²) >= 11 is 0. The first kappa shape index (κ1) is 17.1. The highest BCUT2D eigenvalue weighted by atomic mass is 19.1. The van der Waals surface area contributed by atoms with Gasteiger partial charge in [0.05, 0.1) is 43.2 Å². The van der Waals surface area contributed by atoms with Crippen molar-refractivity contribution in [1.82, 2.24) is 29.5 Å². The maximum Gasteiger partial charge on any atom is 0.229 e. The minimum Gasteiger partial charge on any atom is -0.383 e. The second-order valence-electron chi connectivity index (χ2n) is 5.98. The number of anilines is 2. The molecule has 0 saturated carbocycles. The van der Waals surface area contributed by atoms with Crippen molar-refractivity contribution in [3.8, 4) is 0 Å². The summed E-state index contributed by atoms with van der Waals surface area (Å²) < 4.78 is 22.4. The predicted molar refractivity (Wildman–Crippen MR) is 98.2 cm³/mol. The number of aromatic nitrogens is 6. The fourth-order valence-electron chi connectivity index (χ4n) is 2.69. The van der Waals surface area contributed by atoms with Crippen molar-refractivity contribution < 1.29 is 9.13 Å². The fraction of sp³-hybridized carbons (Fsp3) is 0.222. The van der Waals surface area contributed by atoms with Crippen LogP contribution < -0.4 is 5.32 Å². The van der Waals surface area contributed by atoms with Gasteiger partial charge in [-0.2, -0.15) is 15.2 Å². The Kier molecular flexibility index (Phi) is 4.75. The molecule has 27 heavy (non-hydrogen) atoms. The van der Waals surface area contributed by atoms with E-state index >= 15 is 0 Å². The molecule has 0 spiro atoms. The minimum absolute atomic E-state index is 0.267. The molecule has 1 N–H and O–H groups in total. The topological polar surface area (TPSA) is 82.7 Å². The number of hydrogen-bond donors (Lipinski definition) is 1. The minimum atomic E-state index is -0.267. The van der Waals surface area contributed by atoms with E-state index in [9.17, 15) is 4.39 Å². The zero-order valence-electron chi connectivity index (χ0n) is 14.7. The molecule has 8 nitrogen and oxygen atoms in total. The standard InChI is InChI=1S/C18H18FN7O/c1-27-7-6-25-12-15(10-21-25)23-18-20-8-14-9-22-26(17(14)24-18)11-13-4-2-3-5-16(13)19/h2-5,8-10,12H,6-7,11H2,1H3,(H,20,23,24). The Morgan fingerprint density at radius 1 is 1.15 bits per heavy atom. The quantitative estimate of drug-likeness (QED) is 0.541. The Hall–Kier alpha value is -3.33. The summed E-state index contributed by atoms with van der Waals surface area (Å²) in [6, 6.07) is 6.63. The summed E-state index contributed by atoms with van der Waals surface area (Å²) in [5.74, 6) is 0.154. The van der Waals surface area contributed by atoms with Crippen LogP contribution in [0, 0.1) is 5.82 Å². The summed E-state index contributed by atoms with van der Waals surface area (Å²) in [5.41, 5.74) is 1.95. The molecule has 0 aliphatic rings. The number of methoxy groups -OCH3 is 1. The van der Waals surface area contributed by atoms with Crippen LogP contribution in [0.5, 0.6) is 0 Å². The Morgan fingerprint density at radius 2 is 2.04 bits per heavy atom. The van der Waals surface area contributed by atoms with Gasteiger partial charge >= 0.3 is 0 Å². The highest BCUT2D eigenvalue weighted by molar-refractivity contribution is 5.75. The number of fused-ring (bicyclic) bond motifs is 1. The van der Waals surface area contributed by atoms with Crippen LogP contribution in [-0.2, 0) is 17.8 Å². The van der Waals surface area contributed by atoms with Crippen molar-refractivity contribution in [3.05, 3.63) is 60.4 Å². The lowest BCUT2D eigenvalue weighted by Crippen LogP contribution is -2.06. The first-order chi connectivity index (χ1) is 13.2. The molecular formula is C18H18FN7O. The van der Waals surface area contributed by atoms with Crippen LogP contribution in [0.2, 0.25) is 0 Å². The van der Waals surface area contributed by atoms with Gasteiger partial charge in [-0.15, -0.1) is 0 Å². The summed E-state index contributed by atoms with van der Waals surface area (Å²) in [5, 5.41) is 12.5. The molecule has 0 aliphatic carbocycles. The second kappa shape index (κ2) is 7.50. The summed E-state index contributed by atoms with van der Waals surface area (Å²) in [4.78, 5) is 8.82. The van der Waals surface area contributed by atoms with Crippen molar-refractivity contribution in [2.75, 3.05) is 19.0 Å². The number of nitrogens with one attached hydrogen (secondary N) is 1. The molecule has 0 atom stereocenters. The molecule has 138 valence electrons. The molecule has 0 fully saturated rings. The molecule has 0 bridgehead atoms. The van der Waals surface area contributed by atoms with Gasteiger partial charge in [0.1, 0.15) is 5.82 Å². The Bertz CT molecular complexity index is 1060. The smallest absolute Gasteiger partial charge is 0.229 e. The monoisotopic (exact) mass is 367 g/mol. The van der Waals surface area contributed by atoms with Crippen LogP contribution in [0.25, 0.3) is 11.0 Å². The second-order valence-corrected chi connectivity index (χ2v) is 5.98. The molecular weight excluding hydrogens is 349 g/mol. The van der Waals surface area contributed by atoms with Gasteiger partial charge in [-0.25, -0.2) is 14.1 Å². The van der Waals surface area contributed by atoms with E-state index in [1.807, 2.05) is 6.20 Å². The van der Waals surface area contributed by atoms with E-state index in [4.69, 9.17) is 4.74 Å². The van der Waals surface area contributed by atoms with Gasteiger partial charge in [-0.3, -0.25) is 4.68 Å². The molecule has 0 amide bonds. The van der Waals surface area contributed by atoms with Gasteiger partial charge < -0.3 is 10.1 Å². The van der Waals surface area contributed by atoms with E-state index in [0.29, 0.717) is 36.9 Å². The lowest BCUT2D eigenvalue weighted by atomic mass is 10.2. The average molecular weight is 367 g/mol. The van der Waals surface area contributed by atoms with Crippen molar-refractivity contribution in [3.63, 3.8) is 0 Å². The third-order valence-electron chi connectivity index (χ3n) is 4.07. The highest BCUT2D eigenvalue weighted by Crippen LogP contribution is 2.17. The highest BCUT2D eigenvalue weighted by Gasteiger charge is 2.10. The number of nitrogens with zero attached hydrogens (tertiary/aromatic N) is 6. The summed E-state index contributed by atoms with van der Waals surface area (Å²) in [6.45, 7) is 1.54. The first-order valence-electron chi connectivity index (χ1n) is 8.43. The van der Waals surface area contributed by atoms with E-state index < -0.39 is 0 Å². The third kappa shape index (κ3) is 3.77. The lowest BCUT2D eigenvalue weighted by Gasteiger charge is -2.06. The Morgan fingerprint density at radius 3 is 2.89 bits per heavy atom. The van der Waals surface area contributed by atoms with Crippen LogP contribution in [0.1, 0.15) is 5.56 Å². The number of benzene rings is 1. The lowest BCUT2D eigenvalue weighted by molar-refractivity contribution is 0.183. The largest absolute Gasteiger partial charge is 0.383 e. The molecule has 4 aromatic rings. The van der Waals surface area contributed by atoms with E-state index in [1.165, 1.54) is 6.07 Å². The van der Waals surface area contributed by atoms with Gasteiger partial charge in [-0.05, 0) is 6.07 Å². The van der Waals surface area contributed by atoms with Gasteiger partial charge in [0, 0.05) is 25.1 Å². The average Bonchev–Trinajstić information content (AvgIpc) is 3.29. The first-order valence-corrected chi connectivity index (χ1v) is 8.43. The van der Waals surface area contributed by atoms with Crippen molar-refractivity contribution in [1.29, 1.82) is 0 Å². The molecule has 9 heteroatoms. The number of ether oxygens (including phenoxy) is 1. The molecule has 4 rings (SSSR count). The normalized spacial score (nSPS) is 11.2. The molecule has 0 radical (unpaired) electrons. The van der Waals surface area contributed by atoms with E-state index in [0.717, 1.165) is 11.1 Å².